The summed E-state index contributed by atoms with van der Waals surface area (Å²) in [7, 11) is 0. The minimum atomic E-state index is -0.260. The van der Waals surface area contributed by atoms with Crippen LogP contribution in [0.25, 0.3) is 0 Å². The van der Waals surface area contributed by atoms with Gasteiger partial charge in [-0.3, -0.25) is 0 Å². The van der Waals surface area contributed by atoms with E-state index in [1.165, 1.54) is 12.1 Å². The lowest BCUT2D eigenvalue weighted by Gasteiger charge is -2.28. The molecule has 0 spiro atoms. The quantitative estimate of drug-likeness (QED) is 0.752. The molecule has 0 amide bonds. The third kappa shape index (κ3) is 2.62. The molecule has 0 radical (unpaired) electrons. The topological polar surface area (TPSA) is 21.3 Å². The summed E-state index contributed by atoms with van der Waals surface area (Å²) >= 11 is 6.80. The van der Waals surface area contributed by atoms with Crippen molar-refractivity contribution in [2.75, 3.05) is 11.9 Å². The maximum Gasteiger partial charge on any atom is 0.143 e. The van der Waals surface area contributed by atoms with Crippen molar-refractivity contribution in [1.82, 2.24) is 0 Å². The molecular weight excluding hydrogens is 377 g/mol. The van der Waals surface area contributed by atoms with Crippen LogP contribution in [0.5, 0.6) is 5.75 Å². The second-order valence-electron chi connectivity index (χ2n) is 4.29. The smallest absolute Gasteiger partial charge is 0.143 e. The zero-order chi connectivity index (χ0) is 13.4. The number of rotatable bonds is 1. The molecule has 2 nitrogen and oxygen atoms in total. The van der Waals surface area contributed by atoms with Gasteiger partial charge in [-0.2, -0.15) is 0 Å². The highest BCUT2D eigenvalue weighted by molar-refractivity contribution is 9.10. The molecule has 1 aliphatic rings. The third-order valence-electron chi connectivity index (χ3n) is 3.00. The third-order valence-corrected chi connectivity index (χ3v) is 4.18. The van der Waals surface area contributed by atoms with Gasteiger partial charge in [-0.1, -0.05) is 37.9 Å². The molecule has 0 aromatic heterocycles. The lowest BCUT2D eigenvalue weighted by atomic mass is 10.1. The van der Waals surface area contributed by atoms with E-state index in [0.29, 0.717) is 6.54 Å². The van der Waals surface area contributed by atoms with E-state index in [4.69, 9.17) is 4.74 Å². The van der Waals surface area contributed by atoms with E-state index < -0.39 is 0 Å². The van der Waals surface area contributed by atoms with Crippen LogP contribution < -0.4 is 10.1 Å². The molecule has 0 saturated heterocycles. The average Bonchev–Trinajstić information content (AvgIpc) is 2.38. The Morgan fingerprint density at radius 3 is 2.79 bits per heavy atom. The maximum atomic E-state index is 13.1. The van der Waals surface area contributed by atoms with Gasteiger partial charge in [0.25, 0.3) is 0 Å². The Bertz CT molecular complexity index is 633. The van der Waals surface area contributed by atoms with Crippen molar-refractivity contribution >= 4 is 37.5 Å². The molecule has 1 aliphatic heterocycles. The van der Waals surface area contributed by atoms with E-state index in [1.807, 2.05) is 18.2 Å². The number of hydrogen-bond donors (Lipinski definition) is 1. The lowest BCUT2D eigenvalue weighted by molar-refractivity contribution is 0.209. The summed E-state index contributed by atoms with van der Waals surface area (Å²) in [5.41, 5.74) is 1.89. The molecule has 98 valence electrons. The molecular formula is C14H10Br2FNO. The highest BCUT2D eigenvalue weighted by atomic mass is 79.9. The van der Waals surface area contributed by atoms with Gasteiger partial charge < -0.3 is 10.1 Å². The summed E-state index contributed by atoms with van der Waals surface area (Å²) in [6.45, 7) is 0.647. The molecule has 0 saturated carbocycles. The molecule has 1 heterocycles. The largest absolute Gasteiger partial charge is 0.482 e. The Labute approximate surface area is 127 Å². The van der Waals surface area contributed by atoms with E-state index in [9.17, 15) is 4.39 Å². The molecule has 3 rings (SSSR count). The van der Waals surface area contributed by atoms with Crippen molar-refractivity contribution in [1.29, 1.82) is 0 Å². The van der Waals surface area contributed by atoms with Crippen LogP contribution in [0.3, 0.4) is 0 Å². The van der Waals surface area contributed by atoms with Crippen molar-refractivity contribution in [3.8, 4) is 5.75 Å². The molecule has 1 unspecified atom stereocenters. The molecule has 0 aliphatic carbocycles. The second-order valence-corrected chi connectivity index (χ2v) is 6.06. The van der Waals surface area contributed by atoms with Crippen molar-refractivity contribution < 1.29 is 9.13 Å². The molecule has 19 heavy (non-hydrogen) atoms. The van der Waals surface area contributed by atoms with Gasteiger partial charge in [-0.05, 0) is 30.3 Å². The van der Waals surface area contributed by atoms with Gasteiger partial charge in [0.2, 0.25) is 0 Å². The Balaban J connectivity index is 1.91. The van der Waals surface area contributed by atoms with Crippen LogP contribution in [0.2, 0.25) is 0 Å². The predicted molar refractivity (Wildman–Crippen MR) is 80.1 cm³/mol. The molecule has 1 atom stereocenters. The van der Waals surface area contributed by atoms with E-state index in [0.717, 1.165) is 25.9 Å². The molecule has 0 fully saturated rings. The highest BCUT2D eigenvalue weighted by Crippen LogP contribution is 2.37. The van der Waals surface area contributed by atoms with Crippen LogP contribution in [0, 0.1) is 5.82 Å². The van der Waals surface area contributed by atoms with E-state index in [-0.39, 0.29) is 11.9 Å². The van der Waals surface area contributed by atoms with Crippen LogP contribution >= 0.6 is 31.9 Å². The number of halogens is 3. The number of benzene rings is 2. The molecule has 1 N–H and O–H groups in total. The van der Waals surface area contributed by atoms with Crippen LogP contribution in [0.4, 0.5) is 10.1 Å². The van der Waals surface area contributed by atoms with Crippen molar-refractivity contribution in [3.05, 3.63) is 56.7 Å². The number of hydrogen-bond acceptors (Lipinski definition) is 2. The van der Waals surface area contributed by atoms with Crippen molar-refractivity contribution in [3.63, 3.8) is 0 Å². The fourth-order valence-electron chi connectivity index (χ4n) is 2.08. The number of fused-ring (bicyclic) bond motifs is 1. The van der Waals surface area contributed by atoms with Gasteiger partial charge in [-0.15, -0.1) is 0 Å². The standard InChI is InChI=1S/C14H10Br2FNO/c15-8-1-4-13-12(5-8)18-7-14(19-13)10-3-2-9(17)6-11(10)16/h1-6,14,18H,7H2. The van der Waals surface area contributed by atoms with Gasteiger partial charge in [-0.25, -0.2) is 4.39 Å². The summed E-state index contributed by atoms with van der Waals surface area (Å²) in [4.78, 5) is 0. The van der Waals surface area contributed by atoms with Crippen molar-refractivity contribution in [2.45, 2.75) is 6.10 Å². The van der Waals surface area contributed by atoms with Crippen LogP contribution in [-0.2, 0) is 0 Å². The van der Waals surface area contributed by atoms with E-state index in [1.54, 1.807) is 6.07 Å². The minimum absolute atomic E-state index is 0.136. The summed E-state index contributed by atoms with van der Waals surface area (Å²) in [5.74, 6) is 0.541. The van der Waals surface area contributed by atoms with Crippen LogP contribution in [-0.4, -0.2) is 6.54 Å². The summed E-state index contributed by atoms with van der Waals surface area (Å²) < 4.78 is 20.8. The van der Waals surface area contributed by atoms with Crippen LogP contribution in [0.1, 0.15) is 11.7 Å². The second kappa shape index (κ2) is 5.13. The Morgan fingerprint density at radius 2 is 2.00 bits per heavy atom. The maximum absolute atomic E-state index is 13.1. The number of nitrogens with one attached hydrogen (secondary N) is 1. The summed E-state index contributed by atoms with van der Waals surface area (Å²) in [6, 6.07) is 10.5. The predicted octanol–water partition coefficient (Wildman–Crippen LogP) is 4.90. The average molecular weight is 387 g/mol. The number of ether oxygens (including phenoxy) is 1. The highest BCUT2D eigenvalue weighted by Gasteiger charge is 2.22. The Morgan fingerprint density at radius 1 is 1.16 bits per heavy atom. The molecule has 5 heteroatoms. The zero-order valence-corrected chi connectivity index (χ0v) is 13.0. The van der Waals surface area contributed by atoms with Crippen LogP contribution in [0.15, 0.2) is 45.3 Å². The lowest BCUT2D eigenvalue weighted by Crippen LogP contribution is -2.23. The summed E-state index contributed by atoms with van der Waals surface area (Å²) in [6.07, 6.45) is -0.136. The SMILES string of the molecule is Fc1ccc(C2CNc3cc(Br)ccc3O2)c(Br)c1. The zero-order valence-electron chi connectivity index (χ0n) is 9.79. The van der Waals surface area contributed by atoms with Gasteiger partial charge in [0.05, 0.1) is 12.2 Å². The first-order valence-corrected chi connectivity index (χ1v) is 7.37. The minimum Gasteiger partial charge on any atom is -0.482 e. The Kier molecular flexibility index (Phi) is 3.50. The first kappa shape index (κ1) is 12.9. The normalized spacial score (nSPS) is 17.3. The first-order chi connectivity index (χ1) is 9.13. The monoisotopic (exact) mass is 385 g/mol. The summed E-state index contributed by atoms with van der Waals surface area (Å²) in [5, 5.41) is 3.32. The molecule has 0 bridgehead atoms. The van der Waals surface area contributed by atoms with Gasteiger partial charge in [0.15, 0.2) is 0 Å². The van der Waals surface area contributed by atoms with Gasteiger partial charge >= 0.3 is 0 Å². The fourth-order valence-corrected chi connectivity index (χ4v) is 3.04. The fraction of sp³-hybridized carbons (Fsp3) is 0.143. The molecule has 2 aromatic rings. The molecule has 2 aromatic carbocycles. The number of anilines is 1. The Hall–Kier alpha value is -1.07. The van der Waals surface area contributed by atoms with Crippen molar-refractivity contribution in [2.24, 2.45) is 0 Å². The van der Waals surface area contributed by atoms with E-state index >= 15 is 0 Å². The van der Waals surface area contributed by atoms with Gasteiger partial charge in [0.1, 0.15) is 17.7 Å². The first-order valence-electron chi connectivity index (χ1n) is 5.78. The van der Waals surface area contributed by atoms with Gasteiger partial charge in [0, 0.05) is 14.5 Å². The van der Waals surface area contributed by atoms with E-state index in [2.05, 4.69) is 37.2 Å².